The average molecular weight is 236 g/mol. The van der Waals surface area contributed by atoms with Crippen molar-refractivity contribution in [3.8, 4) is 0 Å². The number of carbonyl (C=O) groups is 1. The number of nitrogens with zero attached hydrogens (tertiary/aromatic N) is 1. The number of nitrogens with one attached hydrogen (secondary N) is 1. The molecule has 0 saturated carbocycles. The molecule has 0 aliphatic carbocycles. The van der Waals surface area contributed by atoms with Crippen molar-refractivity contribution in [2.24, 2.45) is 5.41 Å². The first-order valence-electron chi connectivity index (χ1n) is 5.71. The highest BCUT2D eigenvalue weighted by Gasteiger charge is 2.16. The van der Waals surface area contributed by atoms with E-state index in [9.17, 15) is 10.0 Å². The van der Waals surface area contributed by atoms with Gasteiger partial charge in [-0.25, -0.2) is 9.86 Å². The number of carbonyl (C=O) groups excluding carboxylic acids is 1. The third kappa shape index (κ3) is 5.36. The minimum atomic E-state index is -0.500. The van der Waals surface area contributed by atoms with E-state index < -0.39 is 6.03 Å². The Labute approximate surface area is 102 Å². The van der Waals surface area contributed by atoms with E-state index in [0.29, 0.717) is 12.2 Å². The highest BCUT2D eigenvalue weighted by molar-refractivity contribution is 5.88. The lowest BCUT2D eigenvalue weighted by atomic mass is 9.92. The summed E-state index contributed by atoms with van der Waals surface area (Å²) in [4.78, 5) is 11.6. The number of benzene rings is 1. The molecule has 1 aromatic rings. The predicted molar refractivity (Wildman–Crippen MR) is 68.0 cm³/mol. The Morgan fingerprint density at radius 2 is 1.88 bits per heavy atom. The van der Waals surface area contributed by atoms with Crippen molar-refractivity contribution in [2.75, 3.05) is 11.9 Å². The van der Waals surface area contributed by atoms with Gasteiger partial charge in [-0.1, -0.05) is 39.0 Å². The molecule has 4 nitrogen and oxygen atoms in total. The molecule has 0 heterocycles. The van der Waals surface area contributed by atoms with Crippen molar-refractivity contribution in [3.05, 3.63) is 30.3 Å². The smallest absolute Gasteiger partial charge is 0.306 e. The number of anilines is 1. The van der Waals surface area contributed by atoms with Gasteiger partial charge in [0.2, 0.25) is 0 Å². The molecule has 2 amide bonds. The number of rotatable bonds is 3. The second-order valence-electron chi connectivity index (χ2n) is 5.23. The summed E-state index contributed by atoms with van der Waals surface area (Å²) in [6.07, 6.45) is 0.742. The summed E-state index contributed by atoms with van der Waals surface area (Å²) in [6, 6.07) is 8.57. The Hall–Kier alpha value is -1.55. The molecule has 17 heavy (non-hydrogen) atoms. The van der Waals surface area contributed by atoms with Crippen LogP contribution in [-0.4, -0.2) is 22.8 Å². The zero-order valence-electron chi connectivity index (χ0n) is 10.6. The molecule has 4 heteroatoms. The van der Waals surface area contributed by atoms with Gasteiger partial charge in [0.25, 0.3) is 0 Å². The fraction of sp³-hybridized carbons (Fsp3) is 0.462. The second kappa shape index (κ2) is 5.68. The van der Waals surface area contributed by atoms with Crippen LogP contribution in [0, 0.1) is 5.41 Å². The van der Waals surface area contributed by atoms with Crippen molar-refractivity contribution in [2.45, 2.75) is 27.2 Å². The quantitative estimate of drug-likeness (QED) is 0.624. The molecule has 0 saturated heterocycles. The maximum absolute atomic E-state index is 11.6. The van der Waals surface area contributed by atoms with Gasteiger partial charge in [0, 0.05) is 5.69 Å². The number of urea groups is 1. The van der Waals surface area contributed by atoms with Gasteiger partial charge < -0.3 is 5.32 Å². The predicted octanol–water partition coefficient (Wildman–Crippen LogP) is 3.35. The van der Waals surface area contributed by atoms with Crippen LogP contribution >= 0.6 is 0 Å². The molecule has 0 aliphatic heterocycles. The highest BCUT2D eigenvalue weighted by Crippen LogP contribution is 2.18. The molecule has 0 radical (unpaired) electrons. The maximum atomic E-state index is 11.6. The van der Waals surface area contributed by atoms with Crippen molar-refractivity contribution in [1.82, 2.24) is 5.06 Å². The molecular weight excluding hydrogens is 216 g/mol. The van der Waals surface area contributed by atoms with Crippen LogP contribution in [0.15, 0.2) is 30.3 Å². The highest BCUT2D eigenvalue weighted by atomic mass is 16.5. The number of amides is 2. The van der Waals surface area contributed by atoms with Gasteiger partial charge in [0.15, 0.2) is 0 Å². The fourth-order valence-electron chi connectivity index (χ4n) is 1.25. The number of hydrogen-bond acceptors (Lipinski definition) is 2. The van der Waals surface area contributed by atoms with Gasteiger partial charge in [-0.05, 0) is 24.0 Å². The van der Waals surface area contributed by atoms with Gasteiger partial charge in [-0.3, -0.25) is 5.21 Å². The zero-order valence-corrected chi connectivity index (χ0v) is 10.6. The molecule has 1 rings (SSSR count). The van der Waals surface area contributed by atoms with Crippen LogP contribution in [0.2, 0.25) is 0 Å². The minimum Gasteiger partial charge on any atom is -0.306 e. The van der Waals surface area contributed by atoms with Crippen molar-refractivity contribution in [3.63, 3.8) is 0 Å². The first-order chi connectivity index (χ1) is 7.88. The summed E-state index contributed by atoms with van der Waals surface area (Å²) < 4.78 is 0. The normalized spacial score (nSPS) is 11.1. The summed E-state index contributed by atoms with van der Waals surface area (Å²) in [6.45, 7) is 6.52. The van der Waals surface area contributed by atoms with Crippen molar-refractivity contribution >= 4 is 11.7 Å². The van der Waals surface area contributed by atoms with Crippen molar-refractivity contribution in [1.29, 1.82) is 0 Å². The third-order valence-electron chi connectivity index (χ3n) is 2.33. The standard InChI is InChI=1S/C13H20N2O2/c1-13(2,3)9-10-15(17)12(16)14-11-7-5-4-6-8-11/h4-8,17H,9-10H2,1-3H3,(H,14,16). The molecule has 0 aliphatic rings. The molecule has 2 N–H and O–H groups in total. The minimum absolute atomic E-state index is 0.0913. The Balaban J connectivity index is 2.43. The van der Waals surface area contributed by atoms with Gasteiger partial charge in [0.05, 0.1) is 6.54 Å². The van der Waals surface area contributed by atoms with Crippen LogP contribution in [0.1, 0.15) is 27.2 Å². The molecule has 0 fully saturated rings. The number of hydrogen-bond donors (Lipinski definition) is 2. The van der Waals surface area contributed by atoms with Crippen molar-refractivity contribution < 1.29 is 10.0 Å². The summed E-state index contributed by atoms with van der Waals surface area (Å²) in [5.74, 6) is 0. The Bertz CT molecular complexity index is 357. The first kappa shape index (κ1) is 13.5. The van der Waals surface area contributed by atoms with E-state index in [1.807, 2.05) is 18.2 Å². The van der Waals surface area contributed by atoms with E-state index in [0.717, 1.165) is 11.5 Å². The van der Waals surface area contributed by atoms with Crippen LogP contribution in [-0.2, 0) is 0 Å². The summed E-state index contributed by atoms with van der Waals surface area (Å²) in [7, 11) is 0. The molecule has 0 unspecified atom stereocenters. The molecule has 0 atom stereocenters. The molecule has 1 aromatic carbocycles. The van der Waals surface area contributed by atoms with Crippen LogP contribution in [0.4, 0.5) is 10.5 Å². The second-order valence-corrected chi connectivity index (χ2v) is 5.23. The Kier molecular flexibility index (Phi) is 4.52. The topological polar surface area (TPSA) is 52.6 Å². The molecule has 94 valence electrons. The Morgan fingerprint density at radius 1 is 1.29 bits per heavy atom. The summed E-state index contributed by atoms with van der Waals surface area (Å²) >= 11 is 0. The lowest BCUT2D eigenvalue weighted by Crippen LogP contribution is -2.34. The Morgan fingerprint density at radius 3 is 2.41 bits per heavy atom. The lowest BCUT2D eigenvalue weighted by Gasteiger charge is -2.22. The van der Waals surface area contributed by atoms with E-state index in [2.05, 4.69) is 26.1 Å². The van der Waals surface area contributed by atoms with Crippen LogP contribution in [0.5, 0.6) is 0 Å². The van der Waals surface area contributed by atoms with E-state index in [1.54, 1.807) is 12.1 Å². The van der Waals surface area contributed by atoms with Crippen LogP contribution in [0.3, 0.4) is 0 Å². The largest absolute Gasteiger partial charge is 0.345 e. The third-order valence-corrected chi connectivity index (χ3v) is 2.33. The number of para-hydroxylation sites is 1. The fourth-order valence-corrected chi connectivity index (χ4v) is 1.25. The van der Waals surface area contributed by atoms with E-state index in [1.165, 1.54) is 0 Å². The number of hydroxylamine groups is 2. The first-order valence-corrected chi connectivity index (χ1v) is 5.71. The van der Waals surface area contributed by atoms with Crippen LogP contribution in [0.25, 0.3) is 0 Å². The molecule has 0 bridgehead atoms. The van der Waals surface area contributed by atoms with Gasteiger partial charge in [-0.15, -0.1) is 0 Å². The summed E-state index contributed by atoms with van der Waals surface area (Å²) in [5, 5.41) is 12.9. The van der Waals surface area contributed by atoms with E-state index in [-0.39, 0.29) is 5.41 Å². The van der Waals surface area contributed by atoms with E-state index >= 15 is 0 Å². The average Bonchev–Trinajstić information content (AvgIpc) is 2.26. The monoisotopic (exact) mass is 236 g/mol. The van der Waals surface area contributed by atoms with Gasteiger partial charge >= 0.3 is 6.03 Å². The lowest BCUT2D eigenvalue weighted by molar-refractivity contribution is -0.0434. The molecule has 0 aromatic heterocycles. The SMILES string of the molecule is CC(C)(C)CCN(O)C(=O)Nc1ccccc1. The van der Waals surface area contributed by atoms with Crippen LogP contribution < -0.4 is 5.32 Å². The summed E-state index contributed by atoms with van der Waals surface area (Å²) in [5.41, 5.74) is 0.765. The van der Waals surface area contributed by atoms with Gasteiger partial charge in [-0.2, -0.15) is 0 Å². The zero-order chi connectivity index (χ0) is 12.9. The maximum Gasteiger partial charge on any atom is 0.345 e. The van der Waals surface area contributed by atoms with Gasteiger partial charge in [0.1, 0.15) is 0 Å². The molecular formula is C13H20N2O2. The van der Waals surface area contributed by atoms with E-state index in [4.69, 9.17) is 0 Å². The molecule has 0 spiro atoms.